The molecule has 0 radical (unpaired) electrons. The van der Waals surface area contributed by atoms with Crippen molar-refractivity contribution < 1.29 is 9.18 Å². The summed E-state index contributed by atoms with van der Waals surface area (Å²) in [5.74, 6) is 0.853. The molecule has 1 amide bonds. The maximum Gasteiger partial charge on any atom is 0.285 e. The second kappa shape index (κ2) is 8.19. The first-order valence-electron chi connectivity index (χ1n) is 11.4. The van der Waals surface area contributed by atoms with Gasteiger partial charge in [-0.05, 0) is 37.0 Å². The molecule has 164 valence electrons. The Bertz CT molecular complexity index is 1060. The summed E-state index contributed by atoms with van der Waals surface area (Å²) in [5, 5.41) is 3.03. The minimum absolute atomic E-state index is 0.154. The first kappa shape index (κ1) is 20.4. The number of carbonyl (C=O) groups excluding carboxylic acids is 1. The predicted octanol–water partition coefficient (Wildman–Crippen LogP) is 2.98. The van der Waals surface area contributed by atoms with Gasteiger partial charge in [0.25, 0.3) is 11.5 Å². The number of halogens is 1. The topological polar surface area (TPSA) is 67.2 Å². The number of aromatic nitrogens is 2. The zero-order valence-electron chi connectivity index (χ0n) is 17.9. The van der Waals surface area contributed by atoms with Crippen molar-refractivity contribution in [2.45, 2.75) is 64.1 Å². The molecule has 31 heavy (non-hydrogen) atoms. The van der Waals surface area contributed by atoms with Crippen molar-refractivity contribution in [2.24, 2.45) is 5.92 Å². The number of rotatable bonds is 4. The predicted molar refractivity (Wildman–Crippen MR) is 115 cm³/mol. The summed E-state index contributed by atoms with van der Waals surface area (Å²) < 4.78 is 15.9. The Balaban J connectivity index is 1.30. The van der Waals surface area contributed by atoms with Gasteiger partial charge >= 0.3 is 0 Å². The molecule has 0 bridgehead atoms. The molecular formula is C24H29FN4O2. The van der Waals surface area contributed by atoms with Crippen LogP contribution in [-0.4, -0.2) is 39.5 Å². The van der Waals surface area contributed by atoms with Crippen molar-refractivity contribution in [1.82, 2.24) is 19.8 Å². The van der Waals surface area contributed by atoms with Crippen LogP contribution in [0.15, 0.2) is 29.2 Å². The van der Waals surface area contributed by atoms with E-state index in [1.165, 1.54) is 12.5 Å². The van der Waals surface area contributed by atoms with Crippen molar-refractivity contribution in [3.63, 3.8) is 0 Å². The van der Waals surface area contributed by atoms with Gasteiger partial charge in [-0.2, -0.15) is 4.98 Å². The van der Waals surface area contributed by atoms with Gasteiger partial charge in [-0.1, -0.05) is 31.4 Å². The molecule has 1 saturated carbocycles. The van der Waals surface area contributed by atoms with Gasteiger partial charge in [-0.15, -0.1) is 0 Å². The zero-order chi connectivity index (χ0) is 21.5. The van der Waals surface area contributed by atoms with Crippen LogP contribution in [0.25, 0.3) is 0 Å². The summed E-state index contributed by atoms with van der Waals surface area (Å²) >= 11 is 0. The van der Waals surface area contributed by atoms with Gasteiger partial charge in [-0.25, -0.2) is 4.39 Å². The number of nitrogens with zero attached hydrogens (tertiary/aromatic N) is 3. The molecule has 1 aliphatic carbocycles. The molecule has 1 aromatic heterocycles. The Morgan fingerprint density at radius 2 is 2.00 bits per heavy atom. The van der Waals surface area contributed by atoms with Gasteiger partial charge in [0.05, 0.1) is 0 Å². The zero-order valence-corrected chi connectivity index (χ0v) is 17.9. The number of carbonyl (C=O) groups is 1. The molecule has 3 heterocycles. The number of likely N-dealkylation sites (tertiary alicyclic amines) is 1. The second-order valence-electron chi connectivity index (χ2n) is 9.36. The van der Waals surface area contributed by atoms with Crippen molar-refractivity contribution in [2.75, 3.05) is 13.1 Å². The van der Waals surface area contributed by atoms with E-state index in [9.17, 15) is 14.0 Å². The number of fused-ring (bicyclic) bond motifs is 3. The minimum atomic E-state index is -0.431. The van der Waals surface area contributed by atoms with E-state index in [-0.39, 0.29) is 29.2 Å². The molecule has 6 nitrogen and oxygen atoms in total. The number of hydrogen-bond donors (Lipinski definition) is 1. The smallest absolute Gasteiger partial charge is 0.285 e. The summed E-state index contributed by atoms with van der Waals surface area (Å²) in [6.45, 7) is 4.94. The maximum atomic E-state index is 13.9. The number of amides is 1. The van der Waals surface area contributed by atoms with Crippen molar-refractivity contribution in [1.29, 1.82) is 0 Å². The van der Waals surface area contributed by atoms with Gasteiger partial charge in [0.2, 0.25) is 0 Å². The van der Waals surface area contributed by atoms with E-state index in [1.807, 2.05) is 17.6 Å². The number of benzene rings is 1. The Labute approximate surface area is 181 Å². The highest BCUT2D eigenvalue weighted by molar-refractivity contribution is 5.93. The van der Waals surface area contributed by atoms with E-state index in [0.29, 0.717) is 18.0 Å². The molecule has 2 fully saturated rings. The average Bonchev–Trinajstić information content (AvgIpc) is 3.29. The third-order valence-corrected chi connectivity index (χ3v) is 7.26. The maximum absolute atomic E-state index is 13.9. The van der Waals surface area contributed by atoms with Crippen LogP contribution in [0, 0.1) is 18.7 Å². The molecule has 2 atom stereocenters. The van der Waals surface area contributed by atoms with Crippen LogP contribution in [0.1, 0.15) is 65.3 Å². The fraction of sp³-hybridized carbons (Fsp3) is 0.542. The molecule has 3 aliphatic rings. The Morgan fingerprint density at radius 1 is 1.19 bits per heavy atom. The Morgan fingerprint density at radius 3 is 2.81 bits per heavy atom. The first-order chi connectivity index (χ1) is 15.0. The monoisotopic (exact) mass is 424 g/mol. The van der Waals surface area contributed by atoms with E-state index in [1.54, 1.807) is 12.3 Å². The van der Waals surface area contributed by atoms with Crippen LogP contribution in [0.4, 0.5) is 4.39 Å². The van der Waals surface area contributed by atoms with Crippen molar-refractivity contribution in [3.05, 3.63) is 63.1 Å². The van der Waals surface area contributed by atoms with Gasteiger partial charge in [0.1, 0.15) is 17.2 Å². The van der Waals surface area contributed by atoms with Crippen molar-refractivity contribution in [3.8, 4) is 0 Å². The highest BCUT2D eigenvalue weighted by Gasteiger charge is 2.41. The highest BCUT2D eigenvalue weighted by Crippen LogP contribution is 2.38. The number of hydrogen-bond acceptors (Lipinski definition) is 4. The number of nitrogens with one attached hydrogen (secondary N) is 1. The normalized spacial score (nSPS) is 23.5. The summed E-state index contributed by atoms with van der Waals surface area (Å²) in [5.41, 5.74) is 1.42. The largest absolute Gasteiger partial charge is 0.349 e. The molecule has 7 heteroatoms. The Kier molecular flexibility index (Phi) is 5.38. The second-order valence-corrected chi connectivity index (χ2v) is 9.36. The molecule has 0 spiro atoms. The van der Waals surface area contributed by atoms with Crippen LogP contribution in [0.2, 0.25) is 0 Å². The fourth-order valence-corrected chi connectivity index (χ4v) is 5.50. The molecule has 1 aromatic carbocycles. The lowest BCUT2D eigenvalue weighted by atomic mass is 9.95. The molecule has 2 aliphatic heterocycles. The molecule has 2 aromatic rings. The van der Waals surface area contributed by atoms with Gasteiger partial charge in [0.15, 0.2) is 0 Å². The summed E-state index contributed by atoms with van der Waals surface area (Å²) in [6, 6.07) is 5.38. The van der Waals surface area contributed by atoms with Crippen LogP contribution < -0.4 is 10.9 Å². The van der Waals surface area contributed by atoms with Gasteiger partial charge in [-0.3, -0.25) is 14.5 Å². The lowest BCUT2D eigenvalue weighted by Crippen LogP contribution is -2.39. The van der Waals surface area contributed by atoms with Crippen LogP contribution in [0.5, 0.6) is 0 Å². The molecule has 1 saturated heterocycles. The molecule has 0 unspecified atom stereocenters. The summed E-state index contributed by atoms with van der Waals surface area (Å²) in [6.07, 6.45) is 7.14. The summed E-state index contributed by atoms with van der Waals surface area (Å²) in [7, 11) is 0. The van der Waals surface area contributed by atoms with E-state index in [4.69, 9.17) is 0 Å². The third-order valence-electron chi connectivity index (χ3n) is 7.26. The molecule has 1 N–H and O–H groups in total. The lowest BCUT2D eigenvalue weighted by Gasteiger charge is -2.22. The fourth-order valence-electron chi connectivity index (χ4n) is 5.50. The molecule has 5 rings (SSSR count). The first-order valence-corrected chi connectivity index (χ1v) is 11.4. The highest BCUT2D eigenvalue weighted by atomic mass is 19.1. The van der Waals surface area contributed by atoms with Gasteiger partial charge in [0, 0.05) is 50.3 Å². The lowest BCUT2D eigenvalue weighted by molar-refractivity contribution is 0.0925. The van der Waals surface area contributed by atoms with Gasteiger partial charge < -0.3 is 9.88 Å². The minimum Gasteiger partial charge on any atom is -0.349 e. The van der Waals surface area contributed by atoms with E-state index < -0.39 is 5.56 Å². The van der Waals surface area contributed by atoms with E-state index >= 15 is 0 Å². The standard InChI is InChI=1S/C24H29FN4O2/c1-15-16(6-5-9-21(15)25)10-28-11-17-12-29-14-20(24(31)27-22(29)19(17)13-28)23(30)26-18-7-3-2-4-8-18/h5-6,9,14,17-19H,2-4,7-8,10-13H2,1H3,(H,26,30)/t17-,19+/m0/s1. The van der Waals surface area contributed by atoms with E-state index in [0.717, 1.165) is 56.7 Å². The summed E-state index contributed by atoms with van der Waals surface area (Å²) in [4.78, 5) is 32.0. The van der Waals surface area contributed by atoms with E-state index in [2.05, 4.69) is 15.2 Å². The van der Waals surface area contributed by atoms with Crippen LogP contribution in [0.3, 0.4) is 0 Å². The average molecular weight is 425 g/mol. The van der Waals surface area contributed by atoms with Crippen molar-refractivity contribution >= 4 is 5.91 Å². The Hall–Kier alpha value is -2.54. The SMILES string of the molecule is Cc1c(F)cccc1CN1C[C@H]2Cn3cc(C(=O)NC4CCCCC4)c(=O)nc3[C@@H]2C1. The third kappa shape index (κ3) is 3.91. The van der Waals surface area contributed by atoms with Crippen LogP contribution >= 0.6 is 0 Å². The molecular weight excluding hydrogens is 395 g/mol. The van der Waals surface area contributed by atoms with Crippen LogP contribution in [-0.2, 0) is 13.1 Å². The quantitative estimate of drug-likeness (QED) is 0.820.